The smallest absolute Gasteiger partial charge is 0.338 e. The second kappa shape index (κ2) is 8.95. The molecular formula is C22H17ClN2O2S2. The molecule has 2 aromatic heterocycles. The van der Waals surface area contributed by atoms with E-state index in [9.17, 15) is 4.79 Å². The van der Waals surface area contributed by atoms with E-state index >= 15 is 0 Å². The maximum absolute atomic E-state index is 12.0. The molecule has 2 heterocycles. The SMILES string of the molecule is CCOC(=O)c1cccc(CSc2ncnc3scc(-c4ccc(Cl)cc4)c23)c1. The molecule has 0 spiro atoms. The highest BCUT2D eigenvalue weighted by atomic mass is 35.5. The van der Waals surface area contributed by atoms with Crippen LogP contribution in [0, 0.1) is 0 Å². The zero-order valence-electron chi connectivity index (χ0n) is 15.6. The van der Waals surface area contributed by atoms with Crippen LogP contribution in [0.2, 0.25) is 5.02 Å². The number of halogens is 1. The zero-order chi connectivity index (χ0) is 20.2. The van der Waals surface area contributed by atoms with Gasteiger partial charge in [-0.1, -0.05) is 35.9 Å². The highest BCUT2D eigenvalue weighted by molar-refractivity contribution is 7.98. The topological polar surface area (TPSA) is 52.1 Å². The Bertz CT molecular complexity index is 1160. The van der Waals surface area contributed by atoms with Gasteiger partial charge in [0.25, 0.3) is 0 Å². The molecule has 0 saturated carbocycles. The molecule has 0 unspecified atom stereocenters. The van der Waals surface area contributed by atoms with Crippen LogP contribution in [0.15, 0.2) is 65.3 Å². The second-order valence-corrected chi connectivity index (χ2v) is 8.48. The van der Waals surface area contributed by atoms with E-state index in [0.717, 1.165) is 31.9 Å². The molecule has 4 aromatic rings. The Morgan fingerprint density at radius 2 is 2.00 bits per heavy atom. The largest absolute Gasteiger partial charge is 0.462 e. The summed E-state index contributed by atoms with van der Waals surface area (Å²) in [5.74, 6) is 0.390. The van der Waals surface area contributed by atoms with E-state index in [1.54, 1.807) is 42.4 Å². The van der Waals surface area contributed by atoms with Gasteiger partial charge in [-0.3, -0.25) is 0 Å². The molecule has 0 bridgehead atoms. The molecule has 0 aliphatic rings. The van der Waals surface area contributed by atoms with Gasteiger partial charge in [0, 0.05) is 21.7 Å². The molecule has 146 valence electrons. The number of benzene rings is 2. The molecule has 0 aliphatic heterocycles. The average molecular weight is 441 g/mol. The quantitative estimate of drug-likeness (QED) is 0.195. The van der Waals surface area contributed by atoms with E-state index in [-0.39, 0.29) is 5.97 Å². The number of nitrogens with zero attached hydrogens (tertiary/aromatic N) is 2. The highest BCUT2D eigenvalue weighted by Crippen LogP contribution is 2.38. The molecular weight excluding hydrogens is 424 g/mol. The molecule has 0 amide bonds. The van der Waals surface area contributed by atoms with Crippen molar-refractivity contribution in [1.29, 1.82) is 0 Å². The maximum Gasteiger partial charge on any atom is 0.338 e. The van der Waals surface area contributed by atoms with Gasteiger partial charge in [-0.25, -0.2) is 14.8 Å². The number of hydrogen-bond donors (Lipinski definition) is 0. The number of thioether (sulfide) groups is 1. The Kier molecular flexibility index (Phi) is 6.13. The van der Waals surface area contributed by atoms with Gasteiger partial charge in [0.15, 0.2) is 0 Å². The summed E-state index contributed by atoms with van der Waals surface area (Å²) in [7, 11) is 0. The molecule has 0 N–H and O–H groups in total. The molecule has 2 aromatic carbocycles. The van der Waals surface area contributed by atoms with Crippen LogP contribution in [0.5, 0.6) is 0 Å². The maximum atomic E-state index is 12.0. The number of aromatic nitrogens is 2. The van der Waals surface area contributed by atoms with Crippen LogP contribution in [0.3, 0.4) is 0 Å². The first-order valence-corrected chi connectivity index (χ1v) is 11.3. The molecule has 4 rings (SSSR count). The van der Waals surface area contributed by atoms with Crippen LogP contribution in [-0.4, -0.2) is 22.5 Å². The molecule has 4 nitrogen and oxygen atoms in total. The van der Waals surface area contributed by atoms with E-state index in [1.807, 2.05) is 42.5 Å². The van der Waals surface area contributed by atoms with E-state index in [2.05, 4.69) is 15.3 Å². The lowest BCUT2D eigenvalue weighted by Crippen LogP contribution is -2.04. The molecule has 0 fully saturated rings. The Hall–Kier alpha value is -2.41. The molecule has 0 aliphatic carbocycles. The van der Waals surface area contributed by atoms with Gasteiger partial charge in [-0.05, 0) is 42.3 Å². The number of fused-ring (bicyclic) bond motifs is 1. The van der Waals surface area contributed by atoms with Crippen molar-refractivity contribution in [3.05, 3.63) is 76.4 Å². The zero-order valence-corrected chi connectivity index (χ0v) is 18.0. The van der Waals surface area contributed by atoms with Crippen molar-refractivity contribution < 1.29 is 9.53 Å². The van der Waals surface area contributed by atoms with Gasteiger partial charge >= 0.3 is 5.97 Å². The van der Waals surface area contributed by atoms with E-state index in [4.69, 9.17) is 16.3 Å². The number of carbonyl (C=O) groups is 1. The van der Waals surface area contributed by atoms with Gasteiger partial charge in [-0.15, -0.1) is 23.1 Å². The van der Waals surface area contributed by atoms with Gasteiger partial charge < -0.3 is 4.74 Å². The summed E-state index contributed by atoms with van der Waals surface area (Å²) in [6.07, 6.45) is 1.60. The van der Waals surface area contributed by atoms with Crippen molar-refractivity contribution >= 4 is 50.9 Å². The number of esters is 1. The molecule has 29 heavy (non-hydrogen) atoms. The predicted octanol–water partition coefficient (Wildman–Crippen LogP) is 6.48. The Morgan fingerprint density at radius 3 is 2.79 bits per heavy atom. The van der Waals surface area contributed by atoms with Gasteiger partial charge in [0.05, 0.1) is 17.6 Å². The molecule has 0 saturated heterocycles. The third kappa shape index (κ3) is 4.45. The van der Waals surface area contributed by atoms with Gasteiger partial charge in [0.1, 0.15) is 16.2 Å². The molecule has 7 heteroatoms. The number of ether oxygens (including phenoxy) is 1. The Labute approximate surface area is 181 Å². The minimum atomic E-state index is -0.299. The summed E-state index contributed by atoms with van der Waals surface area (Å²) >= 11 is 9.27. The lowest BCUT2D eigenvalue weighted by molar-refractivity contribution is 0.0526. The minimum absolute atomic E-state index is 0.299. The number of thiophene rings is 1. The van der Waals surface area contributed by atoms with Gasteiger partial charge in [-0.2, -0.15) is 0 Å². The van der Waals surface area contributed by atoms with Crippen LogP contribution in [-0.2, 0) is 10.5 Å². The minimum Gasteiger partial charge on any atom is -0.462 e. The van der Waals surface area contributed by atoms with Crippen molar-refractivity contribution in [2.75, 3.05) is 6.61 Å². The van der Waals surface area contributed by atoms with Crippen LogP contribution in [0.25, 0.3) is 21.3 Å². The first-order chi connectivity index (χ1) is 14.2. The van der Waals surface area contributed by atoms with Gasteiger partial charge in [0.2, 0.25) is 0 Å². The summed E-state index contributed by atoms with van der Waals surface area (Å²) in [6.45, 7) is 2.17. The van der Waals surface area contributed by atoms with Crippen molar-refractivity contribution in [2.45, 2.75) is 17.7 Å². The van der Waals surface area contributed by atoms with E-state index < -0.39 is 0 Å². The van der Waals surface area contributed by atoms with Crippen LogP contribution >= 0.6 is 34.7 Å². The number of carbonyl (C=O) groups excluding carboxylic acids is 1. The highest BCUT2D eigenvalue weighted by Gasteiger charge is 2.14. The van der Waals surface area contributed by atoms with Crippen molar-refractivity contribution in [3.63, 3.8) is 0 Å². The predicted molar refractivity (Wildman–Crippen MR) is 120 cm³/mol. The third-order valence-corrected chi connectivity index (χ3v) is 6.50. The third-order valence-electron chi connectivity index (χ3n) is 4.30. The number of hydrogen-bond acceptors (Lipinski definition) is 6. The fraction of sp³-hybridized carbons (Fsp3) is 0.136. The lowest BCUT2D eigenvalue weighted by atomic mass is 10.1. The Balaban J connectivity index is 1.62. The lowest BCUT2D eigenvalue weighted by Gasteiger charge is -2.07. The first-order valence-electron chi connectivity index (χ1n) is 9.02. The van der Waals surface area contributed by atoms with E-state index in [1.165, 1.54) is 0 Å². The second-order valence-electron chi connectivity index (χ2n) is 6.22. The summed E-state index contributed by atoms with van der Waals surface area (Å²) in [4.78, 5) is 21.9. The standard InChI is InChI=1S/C22H17ClN2O2S2/c1-2-27-22(26)16-5-3-4-14(10-16)11-28-20-19-18(12-29-21(19)25-13-24-20)15-6-8-17(23)9-7-15/h3-10,12-13H,2,11H2,1H3. The van der Waals surface area contributed by atoms with Crippen LogP contribution in [0.1, 0.15) is 22.8 Å². The molecule has 0 radical (unpaired) electrons. The van der Waals surface area contributed by atoms with Crippen LogP contribution in [0.4, 0.5) is 0 Å². The summed E-state index contributed by atoms with van der Waals surface area (Å²) in [6, 6.07) is 15.3. The van der Waals surface area contributed by atoms with Crippen molar-refractivity contribution in [1.82, 2.24) is 9.97 Å². The summed E-state index contributed by atoms with van der Waals surface area (Å²) < 4.78 is 5.09. The fourth-order valence-corrected chi connectivity index (χ4v) is 5.02. The number of rotatable bonds is 6. The first kappa shape index (κ1) is 19.9. The Morgan fingerprint density at radius 1 is 1.17 bits per heavy atom. The normalized spacial score (nSPS) is 11.0. The average Bonchev–Trinajstić information content (AvgIpc) is 3.18. The van der Waals surface area contributed by atoms with E-state index in [0.29, 0.717) is 22.9 Å². The summed E-state index contributed by atoms with van der Waals surface area (Å²) in [5.41, 5.74) is 3.79. The van der Waals surface area contributed by atoms with Crippen LogP contribution < -0.4 is 0 Å². The molecule has 0 atom stereocenters. The fourth-order valence-electron chi connectivity index (χ4n) is 2.95. The van der Waals surface area contributed by atoms with Crippen molar-refractivity contribution in [2.24, 2.45) is 0 Å². The van der Waals surface area contributed by atoms with Crippen molar-refractivity contribution in [3.8, 4) is 11.1 Å². The monoisotopic (exact) mass is 440 g/mol. The summed E-state index contributed by atoms with van der Waals surface area (Å²) in [5, 5.41) is 4.78.